The van der Waals surface area contributed by atoms with Crippen molar-refractivity contribution in [3.05, 3.63) is 41.6 Å². The zero-order valence-corrected chi connectivity index (χ0v) is 7.49. The normalized spacial score (nSPS) is 10.6. The molecule has 1 aromatic carbocycles. The molecule has 1 heterocycles. The molecular formula is C11H11NO. The molecule has 66 valence electrons. The first kappa shape index (κ1) is 8.20. The average Bonchev–Trinajstić information content (AvgIpc) is 2.16. The number of rotatable bonds is 1. The first-order valence-corrected chi connectivity index (χ1v) is 4.26. The van der Waals surface area contributed by atoms with E-state index in [-0.39, 0.29) is 6.61 Å². The fourth-order valence-corrected chi connectivity index (χ4v) is 1.46. The molecule has 13 heavy (non-hydrogen) atoms. The number of pyridine rings is 1. The fraction of sp³-hybridized carbons (Fsp3) is 0.182. The molecule has 2 aromatic rings. The van der Waals surface area contributed by atoms with Crippen LogP contribution in [-0.4, -0.2) is 10.1 Å². The second-order valence-electron chi connectivity index (χ2n) is 3.16. The van der Waals surface area contributed by atoms with Crippen molar-refractivity contribution in [2.24, 2.45) is 0 Å². The van der Waals surface area contributed by atoms with Gasteiger partial charge in [-0.1, -0.05) is 18.2 Å². The molecule has 0 atom stereocenters. The Morgan fingerprint density at radius 2 is 2.23 bits per heavy atom. The van der Waals surface area contributed by atoms with E-state index in [2.05, 4.69) is 11.1 Å². The highest BCUT2D eigenvalue weighted by Crippen LogP contribution is 2.17. The van der Waals surface area contributed by atoms with Crippen LogP contribution in [0, 0.1) is 6.92 Å². The standard InChI is InChI=1S/C11H11NO/c1-8-5-9-3-2-4-10(7-13)11(9)12-6-8/h2-6,13H,7H2,1H3. The van der Waals surface area contributed by atoms with E-state index in [0.717, 1.165) is 22.0 Å². The van der Waals surface area contributed by atoms with Crippen molar-refractivity contribution in [1.82, 2.24) is 4.98 Å². The fourth-order valence-electron chi connectivity index (χ4n) is 1.46. The summed E-state index contributed by atoms with van der Waals surface area (Å²) < 4.78 is 0. The van der Waals surface area contributed by atoms with Gasteiger partial charge in [0.2, 0.25) is 0 Å². The highest BCUT2D eigenvalue weighted by atomic mass is 16.3. The van der Waals surface area contributed by atoms with Gasteiger partial charge in [-0.3, -0.25) is 4.98 Å². The monoisotopic (exact) mass is 173 g/mol. The summed E-state index contributed by atoms with van der Waals surface area (Å²) in [5.41, 5.74) is 2.93. The molecule has 2 heteroatoms. The van der Waals surface area contributed by atoms with Crippen molar-refractivity contribution >= 4 is 10.9 Å². The zero-order valence-electron chi connectivity index (χ0n) is 7.49. The van der Waals surface area contributed by atoms with Crippen LogP contribution in [0.1, 0.15) is 11.1 Å². The second kappa shape index (κ2) is 3.15. The minimum Gasteiger partial charge on any atom is -0.392 e. The van der Waals surface area contributed by atoms with Gasteiger partial charge in [0.15, 0.2) is 0 Å². The molecule has 0 bridgehead atoms. The van der Waals surface area contributed by atoms with Crippen molar-refractivity contribution in [3.63, 3.8) is 0 Å². The van der Waals surface area contributed by atoms with E-state index in [4.69, 9.17) is 5.11 Å². The number of aliphatic hydroxyl groups is 1. The Morgan fingerprint density at radius 1 is 1.38 bits per heavy atom. The minimum absolute atomic E-state index is 0.0490. The van der Waals surface area contributed by atoms with Gasteiger partial charge in [-0.15, -0.1) is 0 Å². The molecule has 2 rings (SSSR count). The van der Waals surface area contributed by atoms with Crippen molar-refractivity contribution in [2.75, 3.05) is 0 Å². The lowest BCUT2D eigenvalue weighted by molar-refractivity contribution is 0.283. The average molecular weight is 173 g/mol. The molecule has 0 spiro atoms. The summed E-state index contributed by atoms with van der Waals surface area (Å²) in [7, 11) is 0. The van der Waals surface area contributed by atoms with E-state index in [1.165, 1.54) is 0 Å². The number of aliphatic hydroxyl groups excluding tert-OH is 1. The Balaban J connectivity index is 2.77. The third-order valence-electron chi connectivity index (χ3n) is 2.10. The van der Waals surface area contributed by atoms with Crippen molar-refractivity contribution in [1.29, 1.82) is 0 Å². The van der Waals surface area contributed by atoms with E-state index in [9.17, 15) is 0 Å². The minimum atomic E-state index is 0.0490. The van der Waals surface area contributed by atoms with E-state index in [1.807, 2.05) is 31.3 Å². The molecule has 0 saturated heterocycles. The molecule has 0 amide bonds. The van der Waals surface area contributed by atoms with Gasteiger partial charge in [0.05, 0.1) is 12.1 Å². The molecule has 0 fully saturated rings. The van der Waals surface area contributed by atoms with Crippen LogP contribution in [-0.2, 0) is 6.61 Å². The van der Waals surface area contributed by atoms with Gasteiger partial charge in [0, 0.05) is 17.1 Å². The van der Waals surface area contributed by atoms with Crippen molar-refractivity contribution in [3.8, 4) is 0 Å². The molecular weight excluding hydrogens is 162 g/mol. The van der Waals surface area contributed by atoms with Crippen LogP contribution in [0.2, 0.25) is 0 Å². The maximum atomic E-state index is 9.06. The first-order chi connectivity index (χ1) is 6.31. The Hall–Kier alpha value is -1.41. The molecule has 0 aliphatic heterocycles. The van der Waals surface area contributed by atoms with Crippen LogP contribution >= 0.6 is 0 Å². The Labute approximate surface area is 76.9 Å². The maximum Gasteiger partial charge on any atom is 0.0757 e. The summed E-state index contributed by atoms with van der Waals surface area (Å²) in [5, 5.41) is 10.2. The third-order valence-corrected chi connectivity index (χ3v) is 2.10. The second-order valence-corrected chi connectivity index (χ2v) is 3.16. The Morgan fingerprint density at radius 3 is 3.00 bits per heavy atom. The molecule has 0 aliphatic carbocycles. The largest absolute Gasteiger partial charge is 0.392 e. The molecule has 1 N–H and O–H groups in total. The van der Waals surface area contributed by atoms with Gasteiger partial charge in [-0.2, -0.15) is 0 Å². The smallest absolute Gasteiger partial charge is 0.0757 e. The zero-order chi connectivity index (χ0) is 9.26. The molecule has 1 aromatic heterocycles. The van der Waals surface area contributed by atoms with Gasteiger partial charge in [-0.25, -0.2) is 0 Å². The predicted octanol–water partition coefficient (Wildman–Crippen LogP) is 2.04. The number of hydrogen-bond acceptors (Lipinski definition) is 2. The quantitative estimate of drug-likeness (QED) is 0.715. The highest BCUT2D eigenvalue weighted by molar-refractivity contribution is 5.82. The number of para-hydroxylation sites is 1. The Kier molecular flexibility index (Phi) is 1.99. The Bertz CT molecular complexity index is 437. The van der Waals surface area contributed by atoms with Crippen molar-refractivity contribution < 1.29 is 5.11 Å². The molecule has 2 nitrogen and oxygen atoms in total. The summed E-state index contributed by atoms with van der Waals surface area (Å²) in [4.78, 5) is 4.29. The van der Waals surface area contributed by atoms with Gasteiger partial charge >= 0.3 is 0 Å². The summed E-state index contributed by atoms with van der Waals surface area (Å²) in [6, 6.07) is 7.91. The van der Waals surface area contributed by atoms with E-state index < -0.39 is 0 Å². The number of benzene rings is 1. The van der Waals surface area contributed by atoms with Gasteiger partial charge in [0.25, 0.3) is 0 Å². The topological polar surface area (TPSA) is 33.1 Å². The van der Waals surface area contributed by atoms with E-state index in [0.29, 0.717) is 0 Å². The maximum absolute atomic E-state index is 9.06. The van der Waals surface area contributed by atoms with Crippen LogP contribution in [0.4, 0.5) is 0 Å². The van der Waals surface area contributed by atoms with E-state index in [1.54, 1.807) is 0 Å². The van der Waals surface area contributed by atoms with Gasteiger partial charge < -0.3 is 5.11 Å². The summed E-state index contributed by atoms with van der Waals surface area (Å²) in [5.74, 6) is 0. The van der Waals surface area contributed by atoms with Crippen LogP contribution < -0.4 is 0 Å². The molecule has 0 radical (unpaired) electrons. The first-order valence-electron chi connectivity index (χ1n) is 4.26. The van der Waals surface area contributed by atoms with Crippen LogP contribution in [0.3, 0.4) is 0 Å². The summed E-state index contributed by atoms with van der Waals surface area (Å²) in [6.07, 6.45) is 1.82. The molecule has 0 saturated carbocycles. The van der Waals surface area contributed by atoms with Gasteiger partial charge in [0.1, 0.15) is 0 Å². The number of fused-ring (bicyclic) bond motifs is 1. The van der Waals surface area contributed by atoms with Crippen molar-refractivity contribution in [2.45, 2.75) is 13.5 Å². The van der Waals surface area contributed by atoms with Crippen LogP contribution in [0.5, 0.6) is 0 Å². The lowest BCUT2D eigenvalue weighted by Gasteiger charge is -2.02. The summed E-state index contributed by atoms with van der Waals surface area (Å²) in [6.45, 7) is 2.06. The number of aryl methyl sites for hydroxylation is 1. The summed E-state index contributed by atoms with van der Waals surface area (Å²) >= 11 is 0. The molecule has 0 unspecified atom stereocenters. The van der Waals surface area contributed by atoms with Crippen LogP contribution in [0.25, 0.3) is 10.9 Å². The molecule has 0 aliphatic rings. The number of hydrogen-bond donors (Lipinski definition) is 1. The number of aromatic nitrogens is 1. The lowest BCUT2D eigenvalue weighted by atomic mass is 10.1. The highest BCUT2D eigenvalue weighted by Gasteiger charge is 1.99. The van der Waals surface area contributed by atoms with E-state index >= 15 is 0 Å². The third kappa shape index (κ3) is 1.40. The number of nitrogens with zero attached hydrogens (tertiary/aromatic N) is 1. The van der Waals surface area contributed by atoms with Gasteiger partial charge in [-0.05, 0) is 18.6 Å². The lowest BCUT2D eigenvalue weighted by Crippen LogP contribution is -1.89. The van der Waals surface area contributed by atoms with Crippen LogP contribution in [0.15, 0.2) is 30.5 Å². The predicted molar refractivity (Wildman–Crippen MR) is 52.4 cm³/mol. The SMILES string of the molecule is Cc1cnc2c(CO)cccc2c1.